The summed E-state index contributed by atoms with van der Waals surface area (Å²) in [5.41, 5.74) is 1.95. The molecule has 2 heterocycles. The molecular formula is C23H24N2O5. The van der Waals surface area contributed by atoms with Crippen LogP contribution in [0.5, 0.6) is 17.2 Å². The van der Waals surface area contributed by atoms with Gasteiger partial charge in [0.25, 0.3) is 5.56 Å². The molecule has 0 unspecified atom stereocenters. The molecule has 0 atom stereocenters. The molecule has 7 heteroatoms. The van der Waals surface area contributed by atoms with Crippen LogP contribution in [0.15, 0.2) is 47.3 Å². The SMILES string of the molecule is CCC(=O)N(Cc1ccc(OC)cc1)Cc1cc2cc3c(cc2[nH]c1=O)OCCO3. The van der Waals surface area contributed by atoms with Crippen molar-refractivity contribution in [2.24, 2.45) is 0 Å². The Bertz CT molecular complexity index is 1120. The first-order valence-corrected chi connectivity index (χ1v) is 9.93. The molecule has 3 aromatic rings. The van der Waals surface area contributed by atoms with Gasteiger partial charge in [0.05, 0.1) is 19.2 Å². The monoisotopic (exact) mass is 408 g/mol. The molecule has 4 rings (SSSR count). The molecular weight excluding hydrogens is 384 g/mol. The van der Waals surface area contributed by atoms with E-state index in [0.29, 0.717) is 48.8 Å². The Hall–Kier alpha value is -3.48. The molecule has 0 bridgehead atoms. The van der Waals surface area contributed by atoms with Crippen molar-refractivity contribution >= 4 is 16.8 Å². The van der Waals surface area contributed by atoms with Crippen molar-refractivity contribution in [2.75, 3.05) is 20.3 Å². The summed E-state index contributed by atoms with van der Waals surface area (Å²) in [5.74, 6) is 2.02. The quantitative estimate of drug-likeness (QED) is 0.677. The number of hydrogen-bond donors (Lipinski definition) is 1. The predicted molar refractivity (Wildman–Crippen MR) is 113 cm³/mol. The largest absolute Gasteiger partial charge is 0.497 e. The van der Waals surface area contributed by atoms with Gasteiger partial charge in [0.1, 0.15) is 19.0 Å². The van der Waals surface area contributed by atoms with Crippen LogP contribution in [0, 0.1) is 0 Å². The third kappa shape index (κ3) is 4.10. The van der Waals surface area contributed by atoms with E-state index in [9.17, 15) is 9.59 Å². The maximum atomic E-state index is 12.7. The molecule has 1 aliphatic rings. The molecule has 0 radical (unpaired) electrons. The number of methoxy groups -OCH3 is 1. The summed E-state index contributed by atoms with van der Waals surface area (Å²) < 4.78 is 16.4. The van der Waals surface area contributed by atoms with Gasteiger partial charge in [-0.2, -0.15) is 0 Å². The van der Waals surface area contributed by atoms with Gasteiger partial charge in [0.15, 0.2) is 11.5 Å². The van der Waals surface area contributed by atoms with Gasteiger partial charge >= 0.3 is 0 Å². The van der Waals surface area contributed by atoms with Crippen LogP contribution in [0.1, 0.15) is 24.5 Å². The molecule has 1 N–H and O–H groups in total. The zero-order chi connectivity index (χ0) is 21.1. The van der Waals surface area contributed by atoms with Crippen LogP contribution in [0.2, 0.25) is 0 Å². The van der Waals surface area contributed by atoms with Crippen molar-refractivity contribution in [3.05, 3.63) is 63.9 Å². The fourth-order valence-electron chi connectivity index (χ4n) is 3.52. The summed E-state index contributed by atoms with van der Waals surface area (Å²) in [6.45, 7) is 3.43. The minimum absolute atomic E-state index is 0.0208. The molecule has 0 spiro atoms. The molecule has 1 aliphatic heterocycles. The van der Waals surface area contributed by atoms with E-state index in [0.717, 1.165) is 16.7 Å². The smallest absolute Gasteiger partial charge is 0.253 e. The number of nitrogens with zero attached hydrogens (tertiary/aromatic N) is 1. The zero-order valence-corrected chi connectivity index (χ0v) is 17.1. The fourth-order valence-corrected chi connectivity index (χ4v) is 3.52. The minimum Gasteiger partial charge on any atom is -0.497 e. The summed E-state index contributed by atoms with van der Waals surface area (Å²) in [6.07, 6.45) is 0.361. The molecule has 7 nitrogen and oxygen atoms in total. The highest BCUT2D eigenvalue weighted by Gasteiger charge is 2.17. The lowest BCUT2D eigenvalue weighted by atomic mass is 10.1. The highest BCUT2D eigenvalue weighted by atomic mass is 16.6. The van der Waals surface area contributed by atoms with E-state index >= 15 is 0 Å². The number of carbonyl (C=O) groups excluding carboxylic acids is 1. The van der Waals surface area contributed by atoms with Crippen LogP contribution in [0.4, 0.5) is 0 Å². The second-order valence-corrected chi connectivity index (χ2v) is 7.16. The van der Waals surface area contributed by atoms with Gasteiger partial charge < -0.3 is 24.1 Å². The highest BCUT2D eigenvalue weighted by Crippen LogP contribution is 2.33. The number of aromatic nitrogens is 1. The van der Waals surface area contributed by atoms with E-state index < -0.39 is 0 Å². The number of hydrogen-bond acceptors (Lipinski definition) is 5. The average Bonchev–Trinajstić information content (AvgIpc) is 2.77. The third-order valence-electron chi connectivity index (χ3n) is 5.13. The van der Waals surface area contributed by atoms with Crippen molar-refractivity contribution in [3.8, 4) is 17.2 Å². The van der Waals surface area contributed by atoms with Crippen molar-refractivity contribution < 1.29 is 19.0 Å². The third-order valence-corrected chi connectivity index (χ3v) is 5.13. The molecule has 1 amide bonds. The number of ether oxygens (including phenoxy) is 3. The second kappa shape index (κ2) is 8.49. The summed E-state index contributed by atoms with van der Waals surface area (Å²) in [4.78, 5) is 29.9. The summed E-state index contributed by atoms with van der Waals surface area (Å²) in [6, 6.07) is 13.0. The van der Waals surface area contributed by atoms with E-state index in [2.05, 4.69) is 4.98 Å². The molecule has 156 valence electrons. The van der Waals surface area contributed by atoms with Crippen molar-refractivity contribution in [3.63, 3.8) is 0 Å². The first-order valence-electron chi connectivity index (χ1n) is 9.93. The summed E-state index contributed by atoms with van der Waals surface area (Å²) in [7, 11) is 1.61. The average molecular weight is 408 g/mol. The van der Waals surface area contributed by atoms with E-state index in [1.54, 1.807) is 18.1 Å². The Morgan fingerprint density at radius 3 is 2.43 bits per heavy atom. The van der Waals surface area contributed by atoms with E-state index in [1.807, 2.05) is 43.3 Å². The Labute approximate surface area is 174 Å². The number of fused-ring (bicyclic) bond motifs is 2. The van der Waals surface area contributed by atoms with Crippen molar-refractivity contribution in [1.29, 1.82) is 0 Å². The fraction of sp³-hybridized carbons (Fsp3) is 0.304. The van der Waals surface area contributed by atoms with E-state index in [4.69, 9.17) is 14.2 Å². The number of pyridine rings is 1. The lowest BCUT2D eigenvalue weighted by Crippen LogP contribution is -2.31. The topological polar surface area (TPSA) is 80.9 Å². The number of rotatable bonds is 6. The van der Waals surface area contributed by atoms with Gasteiger partial charge in [0, 0.05) is 30.0 Å². The second-order valence-electron chi connectivity index (χ2n) is 7.16. The van der Waals surface area contributed by atoms with Gasteiger partial charge in [0.2, 0.25) is 5.91 Å². The number of nitrogens with one attached hydrogen (secondary N) is 1. The number of H-pyrrole nitrogens is 1. The van der Waals surface area contributed by atoms with Crippen LogP contribution in [-0.2, 0) is 17.9 Å². The van der Waals surface area contributed by atoms with Crippen LogP contribution in [0.25, 0.3) is 10.9 Å². The van der Waals surface area contributed by atoms with Crippen LogP contribution in [-0.4, -0.2) is 36.1 Å². The van der Waals surface area contributed by atoms with Gasteiger partial charge in [-0.15, -0.1) is 0 Å². The number of amides is 1. The molecule has 30 heavy (non-hydrogen) atoms. The summed E-state index contributed by atoms with van der Waals surface area (Å²) >= 11 is 0. The molecule has 0 aliphatic carbocycles. The first-order chi connectivity index (χ1) is 14.6. The Morgan fingerprint density at radius 1 is 1.07 bits per heavy atom. The zero-order valence-electron chi connectivity index (χ0n) is 17.1. The Kier molecular flexibility index (Phi) is 5.61. The number of aromatic amines is 1. The molecule has 1 aromatic heterocycles. The predicted octanol–water partition coefficient (Wildman–Crippen LogP) is 3.25. The number of benzene rings is 2. The van der Waals surface area contributed by atoms with Gasteiger partial charge in [-0.25, -0.2) is 0 Å². The number of carbonyl (C=O) groups is 1. The van der Waals surface area contributed by atoms with Crippen LogP contribution >= 0.6 is 0 Å². The van der Waals surface area contributed by atoms with E-state index in [-0.39, 0.29) is 18.0 Å². The standard InChI is InChI=1S/C23H24N2O5/c1-3-22(26)25(13-15-4-6-18(28-2)7-5-15)14-17-10-16-11-20-21(30-9-8-29-20)12-19(16)24-23(17)27/h4-7,10-12H,3,8-9,13-14H2,1-2H3,(H,24,27). The lowest BCUT2D eigenvalue weighted by Gasteiger charge is -2.23. The highest BCUT2D eigenvalue weighted by molar-refractivity contribution is 5.83. The first kappa shape index (κ1) is 19.8. The molecule has 0 saturated carbocycles. The van der Waals surface area contributed by atoms with Gasteiger partial charge in [-0.1, -0.05) is 19.1 Å². The van der Waals surface area contributed by atoms with Crippen molar-refractivity contribution in [2.45, 2.75) is 26.4 Å². The van der Waals surface area contributed by atoms with Crippen molar-refractivity contribution in [1.82, 2.24) is 9.88 Å². The Balaban J connectivity index is 1.63. The molecule has 0 fully saturated rings. The molecule has 0 saturated heterocycles. The lowest BCUT2D eigenvalue weighted by molar-refractivity contribution is -0.132. The van der Waals surface area contributed by atoms with Gasteiger partial charge in [-0.3, -0.25) is 9.59 Å². The molecule has 2 aromatic carbocycles. The van der Waals surface area contributed by atoms with Crippen LogP contribution in [0.3, 0.4) is 0 Å². The van der Waals surface area contributed by atoms with E-state index in [1.165, 1.54) is 0 Å². The maximum Gasteiger partial charge on any atom is 0.253 e. The summed E-state index contributed by atoms with van der Waals surface area (Å²) in [5, 5.41) is 0.835. The Morgan fingerprint density at radius 2 is 1.77 bits per heavy atom. The van der Waals surface area contributed by atoms with Gasteiger partial charge in [-0.05, 0) is 29.8 Å². The maximum absolute atomic E-state index is 12.7. The minimum atomic E-state index is -0.220. The van der Waals surface area contributed by atoms with Crippen LogP contribution < -0.4 is 19.8 Å². The normalized spacial score (nSPS) is 12.6.